The highest BCUT2D eigenvalue weighted by Gasteiger charge is 2.18. The molecule has 1 aromatic carbocycles. The summed E-state index contributed by atoms with van der Waals surface area (Å²) >= 11 is 6.07. The molecule has 10 nitrogen and oxygen atoms in total. The van der Waals surface area contributed by atoms with E-state index < -0.39 is 33.3 Å². The van der Waals surface area contributed by atoms with Crippen molar-refractivity contribution in [2.45, 2.75) is 5.03 Å². The van der Waals surface area contributed by atoms with Gasteiger partial charge >= 0.3 is 6.03 Å². The molecule has 0 radical (unpaired) electrons. The molecule has 33 heavy (non-hydrogen) atoms. The Labute approximate surface area is 189 Å². The number of pyridine rings is 1. The van der Waals surface area contributed by atoms with Crippen LogP contribution in [-0.2, 0) is 9.84 Å². The number of nitrogens with one attached hydrogen (secondary N) is 3. The fourth-order valence-electron chi connectivity index (χ4n) is 2.78. The maximum Gasteiger partial charge on any atom is 0.324 e. The molecule has 3 heterocycles. The van der Waals surface area contributed by atoms with Crippen molar-refractivity contribution < 1.29 is 26.7 Å². The minimum Gasteiger partial charge on any atom is -0.450 e. The zero-order valence-corrected chi connectivity index (χ0v) is 18.1. The van der Waals surface area contributed by atoms with Gasteiger partial charge in [-0.3, -0.25) is 5.32 Å². The fraction of sp³-hybridized carbons (Fsp3) is 0.0526. The Kier molecular flexibility index (Phi) is 5.82. The lowest BCUT2D eigenvalue weighted by atomic mass is 10.2. The van der Waals surface area contributed by atoms with Crippen LogP contribution in [0.5, 0.6) is 11.5 Å². The average Bonchev–Trinajstić information content (AvgIpc) is 3.12. The van der Waals surface area contributed by atoms with E-state index in [1.165, 1.54) is 24.5 Å². The number of ether oxygens (including phenoxy) is 1. The lowest BCUT2D eigenvalue weighted by molar-refractivity contribution is 0.262. The number of H-pyrrole nitrogens is 1. The zero-order chi connectivity index (χ0) is 23.8. The third-order valence-electron chi connectivity index (χ3n) is 4.22. The van der Waals surface area contributed by atoms with Gasteiger partial charge in [-0.15, -0.1) is 10.2 Å². The van der Waals surface area contributed by atoms with Gasteiger partial charge in [0, 0.05) is 36.5 Å². The Morgan fingerprint density at radius 1 is 1.12 bits per heavy atom. The summed E-state index contributed by atoms with van der Waals surface area (Å²) < 4.78 is 57.3. The van der Waals surface area contributed by atoms with Crippen molar-refractivity contribution in [3.63, 3.8) is 0 Å². The number of amides is 2. The number of anilines is 2. The van der Waals surface area contributed by atoms with Crippen LogP contribution in [0.15, 0.2) is 47.8 Å². The summed E-state index contributed by atoms with van der Waals surface area (Å²) in [6.45, 7) is 0. The second-order valence-corrected chi connectivity index (χ2v) is 9.02. The monoisotopic (exact) mass is 494 g/mol. The number of carbonyl (C=O) groups excluding carboxylic acids is 1. The van der Waals surface area contributed by atoms with E-state index in [9.17, 15) is 22.0 Å². The number of nitrogens with zero attached hydrogens (tertiary/aromatic N) is 3. The SMILES string of the molecule is CS(=O)(=O)c1ccc(NC(=O)Nc2cc(F)c(Oc3ccnc4[nH]cc(Cl)c34)c(F)c2)nn1. The molecule has 0 saturated heterocycles. The molecular weight excluding hydrogens is 482 g/mol. The van der Waals surface area contributed by atoms with E-state index in [0.29, 0.717) is 11.0 Å². The number of hydrogen-bond acceptors (Lipinski definition) is 7. The summed E-state index contributed by atoms with van der Waals surface area (Å²) in [7, 11) is -3.55. The predicted octanol–water partition coefficient (Wildman–Crippen LogP) is 4.12. The molecule has 14 heteroatoms. The van der Waals surface area contributed by atoms with Gasteiger partial charge in [-0.1, -0.05) is 11.6 Å². The average molecular weight is 495 g/mol. The minimum atomic E-state index is -3.55. The van der Waals surface area contributed by atoms with Crippen LogP contribution in [0.3, 0.4) is 0 Å². The van der Waals surface area contributed by atoms with E-state index in [0.717, 1.165) is 24.5 Å². The molecule has 0 aliphatic carbocycles. The molecule has 0 atom stereocenters. The van der Waals surface area contributed by atoms with Gasteiger partial charge in [0.05, 0.1) is 10.4 Å². The van der Waals surface area contributed by atoms with Crippen molar-refractivity contribution in [3.8, 4) is 11.5 Å². The van der Waals surface area contributed by atoms with E-state index >= 15 is 0 Å². The molecular formula is C19H13ClF2N6O4S. The Bertz CT molecular complexity index is 1450. The van der Waals surface area contributed by atoms with Gasteiger partial charge in [-0.05, 0) is 18.2 Å². The van der Waals surface area contributed by atoms with E-state index in [2.05, 4.69) is 30.8 Å². The van der Waals surface area contributed by atoms with Crippen molar-refractivity contribution in [2.24, 2.45) is 0 Å². The van der Waals surface area contributed by atoms with Crippen LogP contribution < -0.4 is 15.4 Å². The molecule has 0 aliphatic rings. The number of aromatic nitrogens is 4. The van der Waals surface area contributed by atoms with Crippen LogP contribution in [0, 0.1) is 11.6 Å². The van der Waals surface area contributed by atoms with Crippen LogP contribution in [-0.4, -0.2) is 40.9 Å². The molecule has 0 spiro atoms. The number of sulfone groups is 1. The number of carbonyl (C=O) groups is 1. The van der Waals surface area contributed by atoms with Crippen LogP contribution >= 0.6 is 11.6 Å². The lowest BCUT2D eigenvalue weighted by Gasteiger charge is -2.12. The molecule has 0 aliphatic heterocycles. The van der Waals surface area contributed by atoms with Gasteiger partial charge in [-0.25, -0.2) is 27.0 Å². The number of fused-ring (bicyclic) bond motifs is 1. The van der Waals surface area contributed by atoms with Gasteiger partial charge in [-0.2, -0.15) is 0 Å². The Balaban J connectivity index is 1.50. The van der Waals surface area contributed by atoms with Crippen molar-refractivity contribution in [1.29, 1.82) is 0 Å². The van der Waals surface area contributed by atoms with Crippen LogP contribution in [0.1, 0.15) is 0 Å². The molecule has 2 amide bonds. The molecule has 0 unspecified atom stereocenters. The number of benzene rings is 1. The van der Waals surface area contributed by atoms with Crippen molar-refractivity contribution in [3.05, 3.63) is 59.4 Å². The van der Waals surface area contributed by atoms with Crippen molar-refractivity contribution in [2.75, 3.05) is 16.9 Å². The summed E-state index contributed by atoms with van der Waals surface area (Å²) in [4.78, 5) is 19.0. The summed E-state index contributed by atoms with van der Waals surface area (Å²) in [6.07, 6.45) is 3.80. The Hall–Kier alpha value is -3.84. The standard InChI is InChI=1S/C19H13ClF2N6O4S/c1-33(30,31)15-3-2-14(27-28-15)26-19(29)25-9-6-11(21)17(12(22)7-9)32-13-4-5-23-18-16(13)10(20)8-24-18/h2-8H,1H3,(H,23,24)(H2,25,26,27,29). The van der Waals surface area contributed by atoms with E-state index in [1.807, 2.05) is 0 Å². The highest BCUT2D eigenvalue weighted by atomic mass is 35.5. The molecule has 170 valence electrons. The molecule has 0 bridgehead atoms. The fourth-order valence-corrected chi connectivity index (χ4v) is 3.52. The maximum absolute atomic E-state index is 14.6. The zero-order valence-electron chi connectivity index (χ0n) is 16.6. The Morgan fingerprint density at radius 2 is 1.85 bits per heavy atom. The number of halogens is 3. The quantitative estimate of drug-likeness (QED) is 0.379. The molecule has 3 N–H and O–H groups in total. The lowest BCUT2D eigenvalue weighted by Crippen LogP contribution is -2.20. The summed E-state index contributed by atoms with van der Waals surface area (Å²) in [5.74, 6) is -2.86. The summed E-state index contributed by atoms with van der Waals surface area (Å²) in [5.41, 5.74) is 0.163. The first-order valence-corrected chi connectivity index (χ1v) is 11.3. The van der Waals surface area contributed by atoms with E-state index in [4.69, 9.17) is 16.3 Å². The largest absolute Gasteiger partial charge is 0.450 e. The topological polar surface area (TPSA) is 139 Å². The smallest absolute Gasteiger partial charge is 0.324 e. The maximum atomic E-state index is 14.6. The van der Waals surface area contributed by atoms with Crippen LogP contribution in [0.25, 0.3) is 11.0 Å². The van der Waals surface area contributed by atoms with Crippen molar-refractivity contribution in [1.82, 2.24) is 20.2 Å². The van der Waals surface area contributed by atoms with Crippen LogP contribution in [0.2, 0.25) is 5.02 Å². The van der Waals surface area contributed by atoms with Gasteiger partial charge in [0.15, 0.2) is 38.1 Å². The van der Waals surface area contributed by atoms with Gasteiger partial charge in [0.2, 0.25) is 0 Å². The number of rotatable bonds is 5. The summed E-state index contributed by atoms with van der Waals surface area (Å²) in [6, 6.07) is 4.58. The molecule has 0 saturated carbocycles. The molecule has 0 fully saturated rings. The van der Waals surface area contributed by atoms with Crippen molar-refractivity contribution >= 4 is 50.0 Å². The van der Waals surface area contributed by atoms with Gasteiger partial charge < -0.3 is 15.0 Å². The highest BCUT2D eigenvalue weighted by molar-refractivity contribution is 7.90. The number of urea groups is 1. The van der Waals surface area contributed by atoms with E-state index in [-0.39, 0.29) is 27.3 Å². The van der Waals surface area contributed by atoms with Gasteiger partial charge in [0.25, 0.3) is 0 Å². The summed E-state index contributed by atoms with van der Waals surface area (Å²) in [5, 5.41) is 11.9. The first kappa shape index (κ1) is 22.4. The number of aromatic amines is 1. The molecule has 4 rings (SSSR count). The predicted molar refractivity (Wildman–Crippen MR) is 115 cm³/mol. The second kappa shape index (κ2) is 8.60. The number of hydrogen-bond donors (Lipinski definition) is 3. The normalized spacial score (nSPS) is 11.4. The second-order valence-electron chi connectivity index (χ2n) is 6.65. The third kappa shape index (κ3) is 4.83. The Morgan fingerprint density at radius 3 is 2.48 bits per heavy atom. The third-order valence-corrected chi connectivity index (χ3v) is 5.49. The first-order valence-electron chi connectivity index (χ1n) is 9.02. The van der Waals surface area contributed by atoms with Crippen LogP contribution in [0.4, 0.5) is 25.1 Å². The molecule has 4 aromatic rings. The minimum absolute atomic E-state index is 0.0779. The first-order chi connectivity index (χ1) is 15.6. The molecule has 3 aromatic heterocycles. The van der Waals surface area contributed by atoms with Gasteiger partial charge in [0.1, 0.15) is 11.4 Å². The van der Waals surface area contributed by atoms with E-state index in [1.54, 1.807) is 0 Å². The highest BCUT2D eigenvalue weighted by Crippen LogP contribution is 2.36.